The molecule has 0 unspecified atom stereocenters. The first-order valence-electron chi connectivity index (χ1n) is 9.85. The molecule has 1 aromatic carbocycles. The lowest BCUT2D eigenvalue weighted by atomic mass is 10.0. The summed E-state index contributed by atoms with van der Waals surface area (Å²) in [7, 11) is -1.90. The number of benzene rings is 1. The molecule has 2 heterocycles. The number of halogens is 2. The minimum absolute atomic E-state index is 0. The molecule has 3 rings (SSSR count). The van der Waals surface area contributed by atoms with Crippen molar-refractivity contribution in [3.63, 3.8) is 0 Å². The molecule has 0 saturated carbocycles. The van der Waals surface area contributed by atoms with E-state index in [-0.39, 0.29) is 47.3 Å². The van der Waals surface area contributed by atoms with Gasteiger partial charge in [-0.2, -0.15) is 0 Å². The summed E-state index contributed by atoms with van der Waals surface area (Å²) in [5.74, 6) is 0.399. The number of aromatic nitrogens is 1. The number of guanidine groups is 1. The topological polar surface area (TPSA) is 98.7 Å². The first kappa shape index (κ1) is 25.3. The van der Waals surface area contributed by atoms with Crippen LogP contribution in [0.5, 0.6) is 0 Å². The van der Waals surface area contributed by atoms with E-state index in [1.54, 1.807) is 25.2 Å². The Kier molecular flexibility index (Phi) is 9.91. The monoisotopic (exact) mass is 562 g/mol. The molecule has 0 atom stereocenters. The molecule has 8 nitrogen and oxygen atoms in total. The Hall–Kier alpha value is -1.99. The Morgan fingerprint density at radius 1 is 1.23 bits per heavy atom. The summed E-state index contributed by atoms with van der Waals surface area (Å²) in [6.07, 6.45) is 4.63. The number of aliphatic imine (C=N–C) groups is 1. The summed E-state index contributed by atoms with van der Waals surface area (Å²) in [6, 6.07) is 9.98. The zero-order chi connectivity index (χ0) is 21.4. The van der Waals surface area contributed by atoms with E-state index >= 15 is 0 Å². The van der Waals surface area contributed by atoms with Crippen LogP contribution >= 0.6 is 24.0 Å². The number of piperidine rings is 1. The van der Waals surface area contributed by atoms with Crippen molar-refractivity contribution < 1.29 is 12.8 Å². The van der Waals surface area contributed by atoms with E-state index in [2.05, 4.69) is 30.2 Å². The van der Waals surface area contributed by atoms with Crippen molar-refractivity contribution in [3.8, 4) is 0 Å². The number of nitrogens with zero attached hydrogens (tertiary/aromatic N) is 3. The minimum Gasteiger partial charge on any atom is -0.371 e. The Bertz CT molecular complexity index is 953. The predicted molar refractivity (Wildman–Crippen MR) is 131 cm³/mol. The lowest BCUT2D eigenvalue weighted by molar-refractivity contribution is 0.461. The summed E-state index contributed by atoms with van der Waals surface area (Å²) in [5.41, 5.74) is 0.900. The van der Waals surface area contributed by atoms with Gasteiger partial charge in [0.25, 0.3) is 0 Å². The van der Waals surface area contributed by atoms with Gasteiger partial charge in [0.15, 0.2) is 5.96 Å². The highest BCUT2D eigenvalue weighted by atomic mass is 127. The lowest BCUT2D eigenvalue weighted by Gasteiger charge is -2.34. The van der Waals surface area contributed by atoms with Crippen LogP contribution in [0.4, 0.5) is 10.1 Å². The van der Waals surface area contributed by atoms with Crippen molar-refractivity contribution in [2.24, 2.45) is 4.99 Å². The van der Waals surface area contributed by atoms with Gasteiger partial charge in [-0.05, 0) is 43.2 Å². The molecule has 0 radical (unpaired) electrons. The number of sulfonamides is 1. The van der Waals surface area contributed by atoms with E-state index in [1.807, 2.05) is 6.07 Å². The molecular weight excluding hydrogens is 534 g/mol. The molecule has 1 aliphatic heterocycles. The van der Waals surface area contributed by atoms with E-state index in [4.69, 9.17) is 0 Å². The highest BCUT2D eigenvalue weighted by molar-refractivity contribution is 14.0. The predicted octanol–water partition coefficient (Wildman–Crippen LogP) is 1.95. The van der Waals surface area contributed by atoms with Crippen LogP contribution in [0, 0.1) is 5.82 Å². The quantitative estimate of drug-likeness (QED) is 0.207. The fourth-order valence-corrected chi connectivity index (χ4v) is 4.29. The number of hydrogen-bond acceptors (Lipinski definition) is 5. The van der Waals surface area contributed by atoms with Gasteiger partial charge in [-0.15, -0.1) is 24.0 Å². The molecule has 31 heavy (non-hydrogen) atoms. The van der Waals surface area contributed by atoms with E-state index < -0.39 is 10.0 Å². The van der Waals surface area contributed by atoms with Gasteiger partial charge < -0.3 is 15.5 Å². The van der Waals surface area contributed by atoms with Crippen LogP contribution < -0.4 is 20.3 Å². The van der Waals surface area contributed by atoms with Crippen LogP contribution in [-0.4, -0.2) is 58.6 Å². The summed E-state index contributed by atoms with van der Waals surface area (Å²) in [4.78, 5) is 10.3. The molecule has 170 valence electrons. The van der Waals surface area contributed by atoms with Gasteiger partial charge in [-0.1, -0.05) is 6.07 Å². The second kappa shape index (κ2) is 12.2. The van der Waals surface area contributed by atoms with E-state index in [0.717, 1.165) is 31.6 Å². The maximum Gasteiger partial charge on any atom is 0.242 e. The third-order valence-electron chi connectivity index (χ3n) is 4.89. The van der Waals surface area contributed by atoms with Crippen molar-refractivity contribution in [1.29, 1.82) is 0 Å². The average molecular weight is 562 g/mol. The molecule has 1 fully saturated rings. The normalized spacial score (nSPS) is 15.3. The van der Waals surface area contributed by atoms with Gasteiger partial charge >= 0.3 is 0 Å². The van der Waals surface area contributed by atoms with E-state index in [1.165, 1.54) is 24.5 Å². The van der Waals surface area contributed by atoms with Crippen molar-refractivity contribution >= 4 is 45.6 Å². The zero-order valence-corrected chi connectivity index (χ0v) is 20.4. The SMILES string of the molecule is CN=C(NCCNS(=O)(=O)c1cccnc1)NC1CCN(c2cccc(F)c2)CC1.I. The molecule has 11 heteroatoms. The Morgan fingerprint density at radius 3 is 2.65 bits per heavy atom. The maximum atomic E-state index is 13.4. The number of pyridine rings is 1. The maximum absolute atomic E-state index is 13.4. The second-order valence-corrected chi connectivity index (χ2v) is 8.74. The molecule has 1 aromatic heterocycles. The molecule has 1 saturated heterocycles. The summed E-state index contributed by atoms with van der Waals surface area (Å²) in [5, 5.41) is 6.49. The summed E-state index contributed by atoms with van der Waals surface area (Å²) in [6.45, 7) is 2.25. The fraction of sp³-hybridized carbons (Fsp3) is 0.400. The smallest absolute Gasteiger partial charge is 0.242 e. The lowest BCUT2D eigenvalue weighted by Crippen LogP contribution is -2.49. The first-order chi connectivity index (χ1) is 14.5. The highest BCUT2D eigenvalue weighted by Crippen LogP contribution is 2.20. The van der Waals surface area contributed by atoms with Gasteiger partial charge in [0.05, 0.1) is 0 Å². The van der Waals surface area contributed by atoms with Crippen molar-refractivity contribution in [1.82, 2.24) is 20.3 Å². The van der Waals surface area contributed by atoms with E-state index in [9.17, 15) is 12.8 Å². The zero-order valence-electron chi connectivity index (χ0n) is 17.3. The molecular formula is C20H28FIN6O2S. The molecule has 1 aliphatic rings. The van der Waals surface area contributed by atoms with Crippen molar-refractivity contribution in [2.45, 2.75) is 23.8 Å². The molecule has 0 spiro atoms. The molecule has 0 amide bonds. The molecule has 0 aliphatic carbocycles. The number of nitrogens with one attached hydrogen (secondary N) is 3. The Balaban J connectivity index is 0.00000341. The van der Waals surface area contributed by atoms with Gasteiger partial charge in [0.2, 0.25) is 10.0 Å². The third-order valence-corrected chi connectivity index (χ3v) is 6.33. The van der Waals surface area contributed by atoms with Crippen LogP contribution in [0.3, 0.4) is 0 Å². The standard InChI is InChI=1S/C20H27FN6O2S.HI/c1-22-20(24-10-11-25-30(28,29)19-6-3-9-23-15-19)26-17-7-12-27(13-8-17)18-5-2-4-16(21)14-18;/h2-6,9,14-15,17,25H,7-8,10-13H2,1H3,(H2,22,24,26);1H. The van der Waals surface area contributed by atoms with Crippen LogP contribution in [-0.2, 0) is 10.0 Å². The number of anilines is 1. The van der Waals surface area contributed by atoms with Crippen LogP contribution in [0.1, 0.15) is 12.8 Å². The van der Waals surface area contributed by atoms with Crippen LogP contribution in [0.2, 0.25) is 0 Å². The van der Waals surface area contributed by atoms with Crippen LogP contribution in [0.25, 0.3) is 0 Å². The minimum atomic E-state index is -3.57. The average Bonchev–Trinajstić information content (AvgIpc) is 2.77. The van der Waals surface area contributed by atoms with Gasteiger partial charge in [-0.3, -0.25) is 9.98 Å². The third kappa shape index (κ3) is 7.58. The largest absolute Gasteiger partial charge is 0.371 e. The molecule has 2 aromatic rings. The second-order valence-electron chi connectivity index (χ2n) is 6.97. The first-order valence-corrected chi connectivity index (χ1v) is 11.3. The van der Waals surface area contributed by atoms with Gasteiger partial charge in [-0.25, -0.2) is 17.5 Å². The Labute approximate surface area is 199 Å². The van der Waals surface area contributed by atoms with Gasteiger partial charge in [0.1, 0.15) is 10.7 Å². The molecule has 0 bridgehead atoms. The fourth-order valence-electron chi connectivity index (χ4n) is 3.30. The number of rotatable bonds is 7. The van der Waals surface area contributed by atoms with Crippen molar-refractivity contribution in [2.75, 3.05) is 38.1 Å². The number of hydrogen-bond donors (Lipinski definition) is 3. The van der Waals surface area contributed by atoms with Gasteiger partial charge in [0, 0.05) is 57.3 Å². The van der Waals surface area contributed by atoms with Crippen LogP contribution in [0.15, 0.2) is 58.7 Å². The summed E-state index contributed by atoms with van der Waals surface area (Å²) < 4.78 is 40.3. The summed E-state index contributed by atoms with van der Waals surface area (Å²) >= 11 is 0. The Morgan fingerprint density at radius 2 is 2.00 bits per heavy atom. The van der Waals surface area contributed by atoms with E-state index in [0.29, 0.717) is 12.5 Å². The molecule has 3 N–H and O–H groups in total. The highest BCUT2D eigenvalue weighted by Gasteiger charge is 2.20. The van der Waals surface area contributed by atoms with Crippen molar-refractivity contribution in [3.05, 3.63) is 54.6 Å².